The van der Waals surface area contributed by atoms with Crippen molar-refractivity contribution in [3.05, 3.63) is 23.8 Å². The van der Waals surface area contributed by atoms with Gasteiger partial charge in [0.2, 0.25) is 0 Å². The molecule has 0 aromatic heterocycles. The van der Waals surface area contributed by atoms with Crippen LogP contribution in [0.5, 0.6) is 11.5 Å². The Morgan fingerprint density at radius 2 is 2.11 bits per heavy atom. The Kier molecular flexibility index (Phi) is 4.10. The zero-order valence-electron chi connectivity index (χ0n) is 11.5. The Morgan fingerprint density at radius 1 is 1.37 bits per heavy atom. The fourth-order valence-corrected chi connectivity index (χ4v) is 2.86. The molecule has 19 heavy (non-hydrogen) atoms. The molecule has 1 aliphatic heterocycles. The lowest BCUT2D eigenvalue weighted by Crippen LogP contribution is -2.38. The average Bonchev–Trinajstić information content (AvgIpc) is 2.70. The van der Waals surface area contributed by atoms with Gasteiger partial charge < -0.3 is 10.2 Å². The van der Waals surface area contributed by atoms with Crippen LogP contribution in [0, 0.1) is 0 Å². The lowest BCUT2D eigenvalue weighted by Gasteiger charge is -2.26. The van der Waals surface area contributed by atoms with E-state index in [2.05, 4.69) is 18.7 Å². The number of hydrogen-bond donors (Lipinski definition) is 2. The Balaban J connectivity index is 2.12. The Labute approximate surface area is 113 Å². The molecule has 4 nitrogen and oxygen atoms in total. The topological polar surface area (TPSA) is 60.8 Å². The molecule has 1 fully saturated rings. The van der Waals surface area contributed by atoms with Gasteiger partial charge >= 0.3 is 0 Å². The molecule has 0 spiro atoms. The third-order valence-electron chi connectivity index (χ3n) is 4.03. The third-order valence-corrected chi connectivity index (χ3v) is 4.03. The number of phenols is 2. The molecule has 2 N–H and O–H groups in total. The molecule has 1 aromatic rings. The summed E-state index contributed by atoms with van der Waals surface area (Å²) in [5.41, 5.74) is 0.284. The molecule has 2 rings (SSSR count). The molecule has 1 aromatic carbocycles. The molecule has 0 bridgehead atoms. The summed E-state index contributed by atoms with van der Waals surface area (Å²) >= 11 is 0. The molecule has 1 heterocycles. The van der Waals surface area contributed by atoms with Gasteiger partial charge in [-0.05, 0) is 38.3 Å². The maximum atomic E-state index is 12.3. The van der Waals surface area contributed by atoms with E-state index in [1.165, 1.54) is 18.2 Å². The quantitative estimate of drug-likeness (QED) is 0.820. The molecule has 4 heteroatoms. The van der Waals surface area contributed by atoms with Crippen LogP contribution in [0.2, 0.25) is 0 Å². The van der Waals surface area contributed by atoms with Crippen molar-refractivity contribution < 1.29 is 15.0 Å². The predicted octanol–water partition coefficient (Wildman–Crippen LogP) is 2.54. The lowest BCUT2D eigenvalue weighted by atomic mass is 10.1. The maximum absolute atomic E-state index is 12.3. The van der Waals surface area contributed by atoms with Crippen molar-refractivity contribution in [3.63, 3.8) is 0 Å². The highest BCUT2D eigenvalue weighted by atomic mass is 16.3. The lowest BCUT2D eigenvalue weighted by molar-refractivity contribution is 0.0886. The molecule has 104 valence electrons. The normalized spacial score (nSPS) is 23.7. The van der Waals surface area contributed by atoms with Crippen molar-refractivity contribution in [2.75, 3.05) is 6.54 Å². The van der Waals surface area contributed by atoms with Crippen molar-refractivity contribution >= 4 is 5.78 Å². The molecule has 2 atom stereocenters. The van der Waals surface area contributed by atoms with Crippen LogP contribution in [-0.4, -0.2) is 39.5 Å². The van der Waals surface area contributed by atoms with Crippen molar-refractivity contribution in [3.8, 4) is 11.5 Å². The van der Waals surface area contributed by atoms with Crippen LogP contribution >= 0.6 is 0 Å². The van der Waals surface area contributed by atoms with Gasteiger partial charge in [0.15, 0.2) is 5.78 Å². The van der Waals surface area contributed by atoms with E-state index >= 15 is 0 Å². The number of likely N-dealkylation sites (tertiary alicyclic amines) is 1. The van der Waals surface area contributed by atoms with Crippen molar-refractivity contribution in [2.45, 2.75) is 45.2 Å². The van der Waals surface area contributed by atoms with Gasteiger partial charge in [-0.2, -0.15) is 0 Å². The summed E-state index contributed by atoms with van der Waals surface area (Å²) in [6, 6.07) is 4.98. The van der Waals surface area contributed by atoms with Gasteiger partial charge in [0.05, 0.1) is 12.1 Å². The third kappa shape index (κ3) is 2.89. The van der Waals surface area contributed by atoms with E-state index in [1.807, 2.05) is 0 Å². The molecular formula is C15H21NO3. The summed E-state index contributed by atoms with van der Waals surface area (Å²) in [6.07, 6.45) is 3.29. The zero-order chi connectivity index (χ0) is 14.0. The predicted molar refractivity (Wildman–Crippen MR) is 73.6 cm³/mol. The van der Waals surface area contributed by atoms with E-state index in [0.717, 1.165) is 19.3 Å². The summed E-state index contributed by atoms with van der Waals surface area (Å²) < 4.78 is 0. The first kappa shape index (κ1) is 13.9. The summed E-state index contributed by atoms with van der Waals surface area (Å²) in [7, 11) is 0. The Bertz CT molecular complexity index is 472. The fraction of sp³-hybridized carbons (Fsp3) is 0.533. The van der Waals surface area contributed by atoms with E-state index in [4.69, 9.17) is 0 Å². The molecule has 2 unspecified atom stereocenters. The number of benzene rings is 1. The minimum atomic E-state index is -0.148. The van der Waals surface area contributed by atoms with Gasteiger partial charge in [0.1, 0.15) is 11.5 Å². The number of nitrogens with zero attached hydrogens (tertiary/aromatic N) is 1. The highest BCUT2D eigenvalue weighted by Gasteiger charge is 2.31. The Morgan fingerprint density at radius 3 is 2.74 bits per heavy atom. The van der Waals surface area contributed by atoms with E-state index < -0.39 is 0 Å². The summed E-state index contributed by atoms with van der Waals surface area (Å²) in [6.45, 7) is 4.61. The van der Waals surface area contributed by atoms with Crippen LogP contribution in [0.4, 0.5) is 0 Å². The van der Waals surface area contributed by atoms with E-state index in [-0.39, 0.29) is 22.8 Å². The van der Waals surface area contributed by atoms with E-state index in [0.29, 0.717) is 18.6 Å². The molecule has 0 radical (unpaired) electrons. The minimum absolute atomic E-state index is 0.0324. The van der Waals surface area contributed by atoms with Crippen LogP contribution in [0.15, 0.2) is 18.2 Å². The van der Waals surface area contributed by atoms with Crippen LogP contribution < -0.4 is 0 Å². The molecule has 0 aliphatic carbocycles. The smallest absolute Gasteiger partial charge is 0.180 e. The van der Waals surface area contributed by atoms with Gasteiger partial charge in [-0.1, -0.05) is 6.92 Å². The number of carbonyl (C=O) groups excluding carboxylic acids is 1. The molecular weight excluding hydrogens is 242 g/mol. The maximum Gasteiger partial charge on any atom is 0.180 e. The summed E-state index contributed by atoms with van der Waals surface area (Å²) in [5, 5.41) is 19.0. The minimum Gasteiger partial charge on any atom is -0.508 e. The second-order valence-corrected chi connectivity index (χ2v) is 5.29. The molecule has 0 amide bonds. The Hall–Kier alpha value is -1.55. The first-order valence-corrected chi connectivity index (χ1v) is 6.83. The standard InChI is InChI=1S/C15H21NO3/c1-3-11-5-4-10(2)16(11)9-15(19)13-7-6-12(17)8-14(13)18/h6-8,10-11,17-18H,3-5,9H2,1-2H3. The first-order chi connectivity index (χ1) is 9.02. The number of carbonyl (C=O) groups is 1. The summed E-state index contributed by atoms with van der Waals surface area (Å²) in [5.74, 6) is -0.273. The number of hydrogen-bond acceptors (Lipinski definition) is 4. The number of ketones is 1. The van der Waals surface area contributed by atoms with Gasteiger partial charge in [0, 0.05) is 18.2 Å². The van der Waals surface area contributed by atoms with Gasteiger partial charge in [0.25, 0.3) is 0 Å². The largest absolute Gasteiger partial charge is 0.508 e. The van der Waals surface area contributed by atoms with E-state index in [1.54, 1.807) is 0 Å². The highest BCUT2D eigenvalue weighted by molar-refractivity contribution is 6.00. The van der Waals surface area contributed by atoms with Crippen molar-refractivity contribution in [1.29, 1.82) is 0 Å². The SMILES string of the molecule is CCC1CCC(C)N1CC(=O)c1ccc(O)cc1O. The van der Waals surface area contributed by atoms with Crippen LogP contribution in [0.3, 0.4) is 0 Å². The fourth-order valence-electron chi connectivity index (χ4n) is 2.86. The second kappa shape index (κ2) is 5.61. The number of rotatable bonds is 4. The molecule has 0 saturated carbocycles. The number of phenolic OH excluding ortho intramolecular Hbond substituents is 2. The van der Waals surface area contributed by atoms with Crippen LogP contribution in [0.25, 0.3) is 0 Å². The second-order valence-electron chi connectivity index (χ2n) is 5.29. The van der Waals surface area contributed by atoms with Crippen molar-refractivity contribution in [1.82, 2.24) is 4.90 Å². The van der Waals surface area contributed by atoms with Crippen LogP contribution in [0.1, 0.15) is 43.5 Å². The van der Waals surface area contributed by atoms with E-state index in [9.17, 15) is 15.0 Å². The first-order valence-electron chi connectivity index (χ1n) is 6.83. The van der Waals surface area contributed by atoms with Crippen molar-refractivity contribution in [2.24, 2.45) is 0 Å². The number of aromatic hydroxyl groups is 2. The van der Waals surface area contributed by atoms with Gasteiger partial charge in [-0.3, -0.25) is 9.69 Å². The van der Waals surface area contributed by atoms with Gasteiger partial charge in [-0.25, -0.2) is 0 Å². The monoisotopic (exact) mass is 263 g/mol. The molecule has 1 saturated heterocycles. The number of Topliss-reactive ketones (excluding diaryl/α,β-unsaturated/α-hetero) is 1. The van der Waals surface area contributed by atoms with Crippen LogP contribution in [-0.2, 0) is 0 Å². The van der Waals surface area contributed by atoms with Gasteiger partial charge in [-0.15, -0.1) is 0 Å². The highest BCUT2D eigenvalue weighted by Crippen LogP contribution is 2.28. The average molecular weight is 263 g/mol. The molecule has 1 aliphatic rings. The zero-order valence-corrected chi connectivity index (χ0v) is 11.5. The summed E-state index contributed by atoms with van der Waals surface area (Å²) in [4.78, 5) is 14.5.